The van der Waals surface area contributed by atoms with Crippen molar-refractivity contribution in [1.29, 1.82) is 0 Å². The van der Waals surface area contributed by atoms with Gasteiger partial charge in [-0.2, -0.15) is 4.98 Å². The number of rotatable bonds is 6. The van der Waals surface area contributed by atoms with Crippen LogP contribution in [-0.4, -0.2) is 20.3 Å². The predicted molar refractivity (Wildman–Crippen MR) is 92.3 cm³/mol. The van der Waals surface area contributed by atoms with Crippen molar-refractivity contribution in [3.05, 3.63) is 41.8 Å². The summed E-state index contributed by atoms with van der Waals surface area (Å²) < 4.78 is 19.0. The van der Waals surface area contributed by atoms with E-state index in [9.17, 15) is 4.39 Å². The largest absolute Gasteiger partial charge is 0.338 e. The van der Waals surface area contributed by atoms with Gasteiger partial charge in [0.05, 0.1) is 5.25 Å². The highest BCUT2D eigenvalue weighted by Gasteiger charge is 2.19. The molecule has 1 N–H and O–H groups in total. The Morgan fingerprint density at radius 1 is 1.17 bits per heavy atom. The molecule has 0 saturated heterocycles. The lowest BCUT2D eigenvalue weighted by atomic mass is 10.2. The first-order chi connectivity index (χ1) is 11.5. The van der Waals surface area contributed by atoms with Crippen molar-refractivity contribution < 1.29 is 8.91 Å². The molecule has 0 aliphatic carbocycles. The lowest BCUT2D eigenvalue weighted by molar-refractivity contribution is 0.373. The normalized spacial score (nSPS) is 12.5. The quantitative estimate of drug-likeness (QED) is 0.630. The van der Waals surface area contributed by atoms with E-state index in [1.807, 2.05) is 20.8 Å². The Balaban J connectivity index is 1.63. The molecule has 1 unspecified atom stereocenters. The Morgan fingerprint density at radius 3 is 2.58 bits per heavy atom. The van der Waals surface area contributed by atoms with Crippen LogP contribution < -0.4 is 5.32 Å². The summed E-state index contributed by atoms with van der Waals surface area (Å²) in [6.07, 6.45) is 0. The molecule has 126 valence electrons. The van der Waals surface area contributed by atoms with Crippen molar-refractivity contribution in [2.24, 2.45) is 0 Å². The van der Waals surface area contributed by atoms with Crippen molar-refractivity contribution in [2.75, 3.05) is 5.32 Å². The topological polar surface area (TPSA) is 76.7 Å². The van der Waals surface area contributed by atoms with E-state index in [4.69, 9.17) is 4.52 Å². The minimum absolute atomic E-state index is 0.0170. The van der Waals surface area contributed by atoms with Crippen LogP contribution in [0.4, 0.5) is 15.2 Å². The zero-order valence-corrected chi connectivity index (χ0v) is 15.0. The molecule has 0 aliphatic heterocycles. The molecule has 0 bridgehead atoms. The summed E-state index contributed by atoms with van der Waals surface area (Å²) in [6.45, 7) is 6.02. The third-order valence-corrected chi connectivity index (χ3v) is 5.11. The number of benzene rings is 1. The fourth-order valence-corrected chi connectivity index (χ4v) is 3.76. The van der Waals surface area contributed by atoms with Crippen molar-refractivity contribution in [1.82, 2.24) is 20.3 Å². The predicted octanol–water partition coefficient (Wildman–Crippen LogP) is 4.78. The van der Waals surface area contributed by atoms with E-state index >= 15 is 0 Å². The summed E-state index contributed by atoms with van der Waals surface area (Å²) in [6, 6.07) is 6.09. The van der Waals surface area contributed by atoms with Crippen LogP contribution in [0.15, 0.2) is 33.1 Å². The van der Waals surface area contributed by atoms with Gasteiger partial charge in [-0.3, -0.25) is 0 Å². The van der Waals surface area contributed by atoms with E-state index in [1.54, 1.807) is 12.1 Å². The number of anilines is 2. The summed E-state index contributed by atoms with van der Waals surface area (Å²) in [7, 11) is 0. The Bertz CT molecular complexity index is 802. The third-order valence-electron chi connectivity index (χ3n) is 3.10. The number of halogens is 1. The Labute approximate surface area is 146 Å². The minimum Gasteiger partial charge on any atom is -0.338 e. The third kappa shape index (κ3) is 4.09. The van der Waals surface area contributed by atoms with Gasteiger partial charge >= 0.3 is 0 Å². The molecule has 3 rings (SSSR count). The summed E-state index contributed by atoms with van der Waals surface area (Å²) in [4.78, 5) is 4.40. The highest BCUT2D eigenvalue weighted by Crippen LogP contribution is 2.37. The maximum absolute atomic E-state index is 12.9. The average Bonchev–Trinajstić information content (AvgIpc) is 3.19. The number of hydrogen-bond donors (Lipinski definition) is 1. The summed E-state index contributed by atoms with van der Waals surface area (Å²) >= 11 is 2.92. The van der Waals surface area contributed by atoms with Crippen LogP contribution in [-0.2, 0) is 0 Å². The van der Waals surface area contributed by atoms with Crippen LogP contribution in [0.3, 0.4) is 0 Å². The van der Waals surface area contributed by atoms with Crippen molar-refractivity contribution in [3.8, 4) is 0 Å². The van der Waals surface area contributed by atoms with E-state index in [0.717, 1.165) is 10.0 Å². The molecule has 0 spiro atoms. The van der Waals surface area contributed by atoms with E-state index < -0.39 is 0 Å². The van der Waals surface area contributed by atoms with Gasteiger partial charge < -0.3 is 9.84 Å². The van der Waals surface area contributed by atoms with Crippen molar-refractivity contribution in [3.63, 3.8) is 0 Å². The average molecular weight is 365 g/mol. The minimum atomic E-state index is -0.275. The zero-order chi connectivity index (χ0) is 17.1. The second-order valence-corrected chi connectivity index (χ2v) is 7.98. The Hall–Kier alpha value is -2.00. The molecule has 2 heterocycles. The second kappa shape index (κ2) is 7.27. The lowest BCUT2D eigenvalue weighted by Crippen LogP contribution is -1.92. The highest BCUT2D eigenvalue weighted by atomic mass is 32.2. The van der Waals surface area contributed by atoms with Crippen LogP contribution in [0, 0.1) is 5.82 Å². The number of aromatic nitrogens is 4. The molecule has 0 aliphatic rings. The van der Waals surface area contributed by atoms with Gasteiger partial charge in [0.1, 0.15) is 5.82 Å². The molecule has 6 nitrogen and oxygen atoms in total. The Morgan fingerprint density at radius 2 is 1.92 bits per heavy atom. The van der Waals surface area contributed by atoms with Gasteiger partial charge in [0.15, 0.2) is 10.2 Å². The maximum atomic E-state index is 12.9. The van der Waals surface area contributed by atoms with Crippen LogP contribution in [0.1, 0.15) is 43.7 Å². The zero-order valence-electron chi connectivity index (χ0n) is 13.4. The molecular formula is C15H16FN5OS2. The van der Waals surface area contributed by atoms with Crippen molar-refractivity contribution in [2.45, 2.75) is 36.3 Å². The first kappa shape index (κ1) is 16.8. The molecule has 0 amide bonds. The smallest absolute Gasteiger partial charge is 0.239 e. The fourth-order valence-electron chi connectivity index (χ4n) is 1.81. The van der Waals surface area contributed by atoms with Crippen LogP contribution in [0.25, 0.3) is 0 Å². The van der Waals surface area contributed by atoms with Gasteiger partial charge in [0.25, 0.3) is 0 Å². The molecule has 1 aromatic carbocycles. The van der Waals surface area contributed by atoms with Gasteiger partial charge in [-0.25, -0.2) is 4.39 Å². The second-order valence-electron chi connectivity index (χ2n) is 5.41. The summed E-state index contributed by atoms with van der Waals surface area (Å²) in [5.74, 6) is 1.23. The maximum Gasteiger partial charge on any atom is 0.239 e. The van der Waals surface area contributed by atoms with E-state index in [2.05, 4.69) is 25.7 Å². The van der Waals surface area contributed by atoms with Crippen LogP contribution >= 0.6 is 23.1 Å². The summed E-state index contributed by atoms with van der Waals surface area (Å²) in [5.41, 5.74) is 0.760. The molecule has 24 heavy (non-hydrogen) atoms. The molecule has 0 fully saturated rings. The van der Waals surface area contributed by atoms with Gasteiger partial charge in [-0.15, -0.1) is 10.2 Å². The number of nitrogens with one attached hydrogen (secondary N) is 1. The lowest BCUT2D eigenvalue weighted by Gasteiger charge is -2.02. The molecule has 3 aromatic rings. The SMILES string of the molecule is CC(C)c1noc(C(C)Sc2nnc(Nc3ccc(F)cc3)s2)n1. The monoisotopic (exact) mass is 365 g/mol. The Kier molecular flexibility index (Phi) is 5.10. The standard InChI is InChI=1S/C15H16FN5OS2/c1-8(2)12-18-13(22-21-12)9(3)23-15-20-19-14(24-15)17-11-6-4-10(16)5-7-11/h4-9H,1-3H3,(H,17,19). The molecule has 9 heteroatoms. The number of thioether (sulfide) groups is 1. The molecule has 0 radical (unpaired) electrons. The fraction of sp³-hybridized carbons (Fsp3) is 0.333. The highest BCUT2D eigenvalue weighted by molar-refractivity contribution is 8.01. The molecule has 0 saturated carbocycles. The number of nitrogens with zero attached hydrogens (tertiary/aromatic N) is 4. The molecule has 1 atom stereocenters. The van der Waals surface area contributed by atoms with Gasteiger partial charge in [-0.05, 0) is 31.2 Å². The molecular weight excluding hydrogens is 349 g/mol. The van der Waals surface area contributed by atoms with Crippen LogP contribution in [0.2, 0.25) is 0 Å². The molecule has 2 aromatic heterocycles. The van der Waals surface area contributed by atoms with E-state index in [1.165, 1.54) is 35.2 Å². The van der Waals surface area contributed by atoms with Gasteiger partial charge in [0, 0.05) is 11.6 Å². The first-order valence-electron chi connectivity index (χ1n) is 7.37. The summed E-state index contributed by atoms with van der Waals surface area (Å²) in [5, 5.41) is 15.9. The van der Waals surface area contributed by atoms with Crippen molar-refractivity contribution >= 4 is 33.9 Å². The van der Waals surface area contributed by atoms with Gasteiger partial charge in [-0.1, -0.05) is 42.1 Å². The van der Waals surface area contributed by atoms with E-state index in [0.29, 0.717) is 16.8 Å². The van der Waals surface area contributed by atoms with E-state index in [-0.39, 0.29) is 17.0 Å². The first-order valence-corrected chi connectivity index (χ1v) is 9.07. The van der Waals surface area contributed by atoms with Crippen LogP contribution in [0.5, 0.6) is 0 Å². The van der Waals surface area contributed by atoms with Gasteiger partial charge in [0.2, 0.25) is 11.0 Å². The number of hydrogen-bond acceptors (Lipinski definition) is 8.